The van der Waals surface area contributed by atoms with Gasteiger partial charge in [-0.3, -0.25) is 0 Å². The summed E-state index contributed by atoms with van der Waals surface area (Å²) in [6.07, 6.45) is 3.48. The second kappa shape index (κ2) is 5.07. The molecule has 0 atom stereocenters. The first-order valence-corrected chi connectivity index (χ1v) is 8.28. The third-order valence-electron chi connectivity index (χ3n) is 4.19. The van der Waals surface area contributed by atoms with Gasteiger partial charge in [-0.15, -0.1) is 0 Å². The second-order valence-corrected chi connectivity index (χ2v) is 6.85. The average Bonchev–Trinajstić information content (AvgIpc) is 3.10. The molecule has 1 N–H and O–H groups in total. The van der Waals surface area contributed by atoms with Crippen LogP contribution >= 0.6 is 11.3 Å². The van der Waals surface area contributed by atoms with Crippen LogP contribution in [0.2, 0.25) is 0 Å². The van der Waals surface area contributed by atoms with Gasteiger partial charge in [-0.25, -0.2) is 9.37 Å². The van der Waals surface area contributed by atoms with E-state index in [2.05, 4.69) is 10.2 Å². The number of rotatable bonds is 4. The van der Waals surface area contributed by atoms with Crippen LogP contribution in [0, 0.1) is 5.82 Å². The summed E-state index contributed by atoms with van der Waals surface area (Å²) >= 11 is 1.75. The Balaban J connectivity index is 1.72. The standard InChI is InChI=1S/C16H18FN3S/c1-18-9-14-15(11-2-3-11)19-16(21-14)20-7-6-10-4-5-12(17)8-13(10)20/h4-5,8,11,18H,2-3,6-7,9H2,1H3. The normalized spacial score (nSPS) is 17.3. The van der Waals surface area contributed by atoms with Gasteiger partial charge in [0, 0.05) is 29.6 Å². The molecule has 110 valence electrons. The molecule has 0 amide bonds. The molecule has 3 nitrogen and oxygen atoms in total. The summed E-state index contributed by atoms with van der Waals surface area (Å²) in [4.78, 5) is 8.39. The first-order valence-electron chi connectivity index (χ1n) is 7.46. The number of aromatic nitrogens is 1. The number of anilines is 2. The van der Waals surface area contributed by atoms with Gasteiger partial charge < -0.3 is 10.2 Å². The maximum Gasteiger partial charge on any atom is 0.190 e. The van der Waals surface area contributed by atoms with E-state index in [-0.39, 0.29) is 5.82 Å². The third kappa shape index (κ3) is 2.34. The van der Waals surface area contributed by atoms with E-state index in [9.17, 15) is 4.39 Å². The van der Waals surface area contributed by atoms with Crippen molar-refractivity contribution in [2.24, 2.45) is 0 Å². The first kappa shape index (κ1) is 13.2. The Morgan fingerprint density at radius 2 is 2.29 bits per heavy atom. The van der Waals surface area contributed by atoms with Crippen LogP contribution in [-0.2, 0) is 13.0 Å². The summed E-state index contributed by atoms with van der Waals surface area (Å²) in [7, 11) is 1.97. The van der Waals surface area contributed by atoms with Crippen LogP contribution in [0.25, 0.3) is 0 Å². The van der Waals surface area contributed by atoms with Crippen molar-refractivity contribution in [2.75, 3.05) is 18.5 Å². The molecular weight excluding hydrogens is 285 g/mol. The van der Waals surface area contributed by atoms with Crippen LogP contribution in [0.1, 0.15) is 34.9 Å². The van der Waals surface area contributed by atoms with Gasteiger partial charge in [-0.1, -0.05) is 17.4 Å². The van der Waals surface area contributed by atoms with Crippen molar-refractivity contribution in [1.82, 2.24) is 10.3 Å². The van der Waals surface area contributed by atoms with E-state index in [1.807, 2.05) is 13.1 Å². The molecule has 1 aliphatic heterocycles. The molecular formula is C16H18FN3S. The van der Waals surface area contributed by atoms with Crippen LogP contribution < -0.4 is 10.2 Å². The summed E-state index contributed by atoms with van der Waals surface area (Å²) in [5.74, 6) is 0.475. The molecule has 2 aliphatic rings. The van der Waals surface area contributed by atoms with Gasteiger partial charge in [0.1, 0.15) is 5.82 Å². The van der Waals surface area contributed by atoms with Gasteiger partial charge in [0.15, 0.2) is 5.13 Å². The molecule has 2 heterocycles. The number of hydrogen-bond donors (Lipinski definition) is 1. The van der Waals surface area contributed by atoms with Crippen LogP contribution in [0.15, 0.2) is 18.2 Å². The topological polar surface area (TPSA) is 28.2 Å². The van der Waals surface area contributed by atoms with Crippen LogP contribution in [0.3, 0.4) is 0 Å². The van der Waals surface area contributed by atoms with Gasteiger partial charge in [0.2, 0.25) is 0 Å². The van der Waals surface area contributed by atoms with E-state index in [1.165, 1.54) is 29.0 Å². The van der Waals surface area contributed by atoms with Crippen LogP contribution in [-0.4, -0.2) is 18.6 Å². The Hall–Kier alpha value is -1.46. The summed E-state index contributed by atoms with van der Waals surface area (Å²) < 4.78 is 13.5. The predicted octanol–water partition coefficient (Wildman–Crippen LogP) is 3.57. The van der Waals surface area contributed by atoms with Gasteiger partial charge in [0.25, 0.3) is 0 Å². The molecule has 0 spiro atoms. The maximum atomic E-state index is 13.5. The molecule has 0 bridgehead atoms. The monoisotopic (exact) mass is 303 g/mol. The third-order valence-corrected chi connectivity index (χ3v) is 5.29. The largest absolute Gasteiger partial charge is 0.317 e. The van der Waals surface area contributed by atoms with Gasteiger partial charge in [0.05, 0.1) is 5.69 Å². The SMILES string of the molecule is CNCc1sc(N2CCc3ccc(F)cc32)nc1C1CC1. The summed E-state index contributed by atoms with van der Waals surface area (Å²) in [6.45, 7) is 1.77. The molecule has 1 aromatic carbocycles. The number of nitrogens with zero attached hydrogens (tertiary/aromatic N) is 2. The Kier molecular flexibility index (Phi) is 3.19. The average molecular weight is 303 g/mol. The van der Waals surface area contributed by atoms with Crippen LogP contribution in [0.5, 0.6) is 0 Å². The highest BCUT2D eigenvalue weighted by Gasteiger charge is 2.31. The fraction of sp³-hybridized carbons (Fsp3) is 0.438. The molecule has 1 aromatic heterocycles. The van der Waals surface area contributed by atoms with Crippen molar-refractivity contribution in [3.8, 4) is 0 Å². The number of hydrogen-bond acceptors (Lipinski definition) is 4. The van der Waals surface area contributed by atoms with Crippen molar-refractivity contribution in [3.05, 3.63) is 40.2 Å². The van der Waals surface area contributed by atoms with Gasteiger partial charge in [-0.2, -0.15) is 0 Å². The smallest absolute Gasteiger partial charge is 0.190 e. The number of halogens is 1. The van der Waals surface area contributed by atoms with Gasteiger partial charge in [-0.05, 0) is 44.0 Å². The molecule has 1 saturated carbocycles. The molecule has 1 fully saturated rings. The Labute approximate surface area is 127 Å². The molecule has 21 heavy (non-hydrogen) atoms. The van der Waals surface area contributed by atoms with Crippen LogP contribution in [0.4, 0.5) is 15.2 Å². The quantitative estimate of drug-likeness (QED) is 0.936. The molecule has 1 aliphatic carbocycles. The fourth-order valence-electron chi connectivity index (χ4n) is 2.98. The van der Waals surface area contributed by atoms with E-state index in [4.69, 9.17) is 4.98 Å². The molecule has 0 radical (unpaired) electrons. The lowest BCUT2D eigenvalue weighted by molar-refractivity contribution is 0.628. The van der Waals surface area contributed by atoms with Crippen molar-refractivity contribution in [2.45, 2.75) is 31.7 Å². The zero-order valence-corrected chi connectivity index (χ0v) is 12.8. The fourth-order valence-corrected chi connectivity index (χ4v) is 4.18. The minimum atomic E-state index is -0.171. The van der Waals surface area contributed by atoms with E-state index in [1.54, 1.807) is 23.5 Å². The van der Waals surface area contributed by atoms with Crippen molar-refractivity contribution in [3.63, 3.8) is 0 Å². The summed E-state index contributed by atoms with van der Waals surface area (Å²) in [6, 6.07) is 5.08. The van der Waals surface area contributed by atoms with Crippen molar-refractivity contribution in [1.29, 1.82) is 0 Å². The van der Waals surface area contributed by atoms with E-state index >= 15 is 0 Å². The predicted molar refractivity (Wildman–Crippen MR) is 84.0 cm³/mol. The second-order valence-electron chi connectivity index (χ2n) is 5.78. The first-order chi connectivity index (χ1) is 10.3. The van der Waals surface area contributed by atoms with Gasteiger partial charge >= 0.3 is 0 Å². The molecule has 2 aromatic rings. The minimum absolute atomic E-state index is 0.171. The van der Waals surface area contributed by atoms with Crippen molar-refractivity contribution >= 4 is 22.2 Å². The lowest BCUT2D eigenvalue weighted by Crippen LogP contribution is -2.13. The maximum absolute atomic E-state index is 13.5. The Bertz CT molecular complexity index is 678. The minimum Gasteiger partial charge on any atom is -0.317 e. The zero-order chi connectivity index (χ0) is 14.4. The number of fused-ring (bicyclic) bond motifs is 1. The Morgan fingerprint density at radius 3 is 3.05 bits per heavy atom. The highest BCUT2D eigenvalue weighted by atomic mass is 32.1. The number of benzene rings is 1. The van der Waals surface area contributed by atoms with E-state index in [0.29, 0.717) is 5.92 Å². The molecule has 0 unspecified atom stereocenters. The highest BCUT2D eigenvalue weighted by molar-refractivity contribution is 7.15. The summed E-state index contributed by atoms with van der Waals surface area (Å²) in [5, 5.41) is 4.25. The molecule has 4 rings (SSSR count). The van der Waals surface area contributed by atoms with Crippen molar-refractivity contribution < 1.29 is 4.39 Å². The summed E-state index contributed by atoms with van der Waals surface area (Å²) in [5.41, 5.74) is 3.46. The zero-order valence-electron chi connectivity index (χ0n) is 12.0. The number of nitrogens with one attached hydrogen (secondary N) is 1. The number of thiazole rings is 1. The lowest BCUT2D eigenvalue weighted by atomic mass is 10.2. The van der Waals surface area contributed by atoms with E-state index < -0.39 is 0 Å². The van der Waals surface area contributed by atoms with E-state index in [0.717, 1.165) is 30.3 Å². The Morgan fingerprint density at radius 1 is 1.43 bits per heavy atom. The highest BCUT2D eigenvalue weighted by Crippen LogP contribution is 2.46. The molecule has 5 heteroatoms. The molecule has 0 saturated heterocycles. The lowest BCUT2D eigenvalue weighted by Gasteiger charge is -2.15.